The van der Waals surface area contributed by atoms with Crippen LogP contribution in [0.5, 0.6) is 0 Å². The minimum Gasteiger partial charge on any atom is -0.374 e. The largest absolute Gasteiger partial charge is 0.374 e. The van der Waals surface area contributed by atoms with Gasteiger partial charge >= 0.3 is 0 Å². The maximum Gasteiger partial charge on any atom is 0.248 e. The molecule has 6 aliphatic rings. The lowest BCUT2D eigenvalue weighted by Crippen LogP contribution is -2.53. The Balaban J connectivity index is 1.14. The van der Waals surface area contributed by atoms with Gasteiger partial charge in [0, 0.05) is 50.0 Å². The predicted molar refractivity (Wildman–Crippen MR) is 123 cm³/mol. The van der Waals surface area contributed by atoms with Gasteiger partial charge in [-0.15, -0.1) is 0 Å². The number of amides is 1. The number of carbonyl (C=O) groups is 1. The van der Waals surface area contributed by atoms with Gasteiger partial charge in [0.2, 0.25) is 11.8 Å². The number of halogens is 2. The van der Waals surface area contributed by atoms with E-state index in [1.807, 2.05) is 6.92 Å². The number of fused-ring (bicyclic) bond motifs is 4. The first kappa shape index (κ1) is 21.3. The third kappa shape index (κ3) is 3.79. The van der Waals surface area contributed by atoms with Crippen molar-refractivity contribution in [2.24, 2.45) is 21.8 Å². The molecule has 0 spiro atoms. The van der Waals surface area contributed by atoms with E-state index in [1.54, 1.807) is 7.05 Å². The highest BCUT2D eigenvalue weighted by molar-refractivity contribution is 6.18. The molecule has 5 atom stereocenters. The van der Waals surface area contributed by atoms with E-state index in [9.17, 15) is 13.6 Å². The molecule has 3 fully saturated rings. The Bertz CT molecular complexity index is 991. The van der Waals surface area contributed by atoms with E-state index in [0.717, 1.165) is 49.3 Å². The Hall–Kier alpha value is -2.25. The Morgan fingerprint density at radius 2 is 2.06 bits per heavy atom. The summed E-state index contributed by atoms with van der Waals surface area (Å²) in [6.07, 6.45) is 8.70. The van der Waals surface area contributed by atoms with E-state index in [1.165, 1.54) is 17.6 Å². The lowest BCUT2D eigenvalue weighted by atomic mass is 9.78. The van der Waals surface area contributed by atoms with E-state index in [4.69, 9.17) is 9.98 Å². The third-order valence-electron chi connectivity index (χ3n) is 8.51. The molecule has 178 valence electrons. The number of carbonyl (C=O) groups excluding carboxylic acids is 1. The molecule has 5 unspecified atom stereocenters. The zero-order valence-electron chi connectivity index (χ0n) is 19.4. The Labute approximate surface area is 193 Å². The molecule has 6 rings (SSSR count). The Morgan fingerprint density at radius 3 is 2.82 bits per heavy atom. The van der Waals surface area contributed by atoms with Gasteiger partial charge in [0.15, 0.2) is 0 Å². The molecule has 0 aromatic carbocycles. The fourth-order valence-electron chi connectivity index (χ4n) is 6.82. The number of nitrogens with zero attached hydrogens (tertiary/aromatic N) is 3. The molecule has 4 heterocycles. The van der Waals surface area contributed by atoms with E-state index in [2.05, 4.69) is 21.6 Å². The summed E-state index contributed by atoms with van der Waals surface area (Å²) in [6.45, 7) is 2.03. The van der Waals surface area contributed by atoms with Crippen molar-refractivity contribution in [3.8, 4) is 0 Å². The second kappa shape index (κ2) is 7.64. The van der Waals surface area contributed by atoms with Crippen LogP contribution in [0.4, 0.5) is 8.78 Å². The van der Waals surface area contributed by atoms with Gasteiger partial charge in [-0.1, -0.05) is 11.1 Å². The molecule has 2 N–H and O–H groups in total. The lowest BCUT2D eigenvalue weighted by molar-refractivity contribution is -0.119. The lowest BCUT2D eigenvalue weighted by Gasteiger charge is -2.37. The van der Waals surface area contributed by atoms with E-state index < -0.39 is 5.92 Å². The van der Waals surface area contributed by atoms with Crippen LogP contribution in [-0.4, -0.2) is 59.6 Å². The van der Waals surface area contributed by atoms with Crippen LogP contribution in [0, 0.1) is 11.8 Å². The summed E-state index contributed by atoms with van der Waals surface area (Å²) in [7, 11) is 1.71. The van der Waals surface area contributed by atoms with Crippen LogP contribution in [0.1, 0.15) is 64.7 Å². The van der Waals surface area contributed by atoms with Crippen molar-refractivity contribution in [2.45, 2.75) is 94.9 Å². The summed E-state index contributed by atoms with van der Waals surface area (Å²) in [4.78, 5) is 24.2. The first-order valence-electron chi connectivity index (χ1n) is 12.5. The summed E-state index contributed by atoms with van der Waals surface area (Å²) >= 11 is 0. The maximum absolute atomic E-state index is 13.2. The molecule has 33 heavy (non-hydrogen) atoms. The summed E-state index contributed by atoms with van der Waals surface area (Å²) in [5, 5.41) is 6.40. The molecule has 2 aliphatic carbocycles. The van der Waals surface area contributed by atoms with Gasteiger partial charge in [-0.3, -0.25) is 9.79 Å². The summed E-state index contributed by atoms with van der Waals surface area (Å²) < 4.78 is 26.4. The van der Waals surface area contributed by atoms with Crippen molar-refractivity contribution in [3.05, 3.63) is 22.9 Å². The zero-order chi connectivity index (χ0) is 22.9. The second-order valence-corrected chi connectivity index (χ2v) is 10.8. The molecule has 0 aromatic rings. The maximum atomic E-state index is 13.2. The van der Waals surface area contributed by atoms with E-state index in [-0.39, 0.29) is 36.9 Å². The Morgan fingerprint density at radius 1 is 1.27 bits per heavy atom. The standard InChI is InChI=1S/C25H33F2N5O/c1-13-29-21-7-15(4-3-14-11-25(26,27)12-14)31-23(21)24(30-13)32-16-5-6-17(32)9-19-18(8-16)20(19)10-22(33)28-2/h7,13-14,16-18,23,31H,3-6,8-12H2,1-2H3,(H,28,33). The van der Waals surface area contributed by atoms with Crippen LogP contribution in [0.15, 0.2) is 32.9 Å². The fraction of sp³-hybridized carbons (Fsp3) is 0.720. The van der Waals surface area contributed by atoms with Gasteiger partial charge in [0.25, 0.3) is 0 Å². The minimum atomic E-state index is -2.45. The van der Waals surface area contributed by atoms with Gasteiger partial charge in [0.05, 0.1) is 5.71 Å². The number of nitrogens with one attached hydrogen (secondary N) is 2. The second-order valence-electron chi connectivity index (χ2n) is 10.8. The SMILES string of the molecule is CNC(=O)CC1=C2CC3CCC(CC12)N3C1=NC(C)N=C2C=C(CCC3CC(F)(F)C3)NC21. The van der Waals surface area contributed by atoms with Gasteiger partial charge in [-0.25, -0.2) is 13.8 Å². The highest BCUT2D eigenvalue weighted by Gasteiger charge is 2.51. The molecule has 1 saturated carbocycles. The predicted octanol–water partition coefficient (Wildman–Crippen LogP) is 3.56. The number of aliphatic imine (C=N–C) groups is 2. The van der Waals surface area contributed by atoms with Crippen molar-refractivity contribution < 1.29 is 13.6 Å². The average Bonchev–Trinajstić information content (AvgIpc) is 3.05. The fourth-order valence-corrected chi connectivity index (χ4v) is 6.82. The van der Waals surface area contributed by atoms with Crippen molar-refractivity contribution in [2.75, 3.05) is 7.05 Å². The summed E-state index contributed by atoms with van der Waals surface area (Å²) in [6, 6.07) is 0.870. The summed E-state index contributed by atoms with van der Waals surface area (Å²) in [5.41, 5.74) is 5.02. The molecule has 1 amide bonds. The van der Waals surface area contributed by atoms with Crippen LogP contribution in [0.2, 0.25) is 0 Å². The first-order chi connectivity index (χ1) is 15.8. The monoisotopic (exact) mass is 457 g/mol. The summed E-state index contributed by atoms with van der Waals surface area (Å²) in [5.74, 6) is -0.597. The van der Waals surface area contributed by atoms with Crippen LogP contribution in [-0.2, 0) is 4.79 Å². The molecule has 2 bridgehead atoms. The molecule has 6 nitrogen and oxygen atoms in total. The molecule has 2 saturated heterocycles. The third-order valence-corrected chi connectivity index (χ3v) is 8.51. The zero-order valence-corrected chi connectivity index (χ0v) is 19.4. The molecule has 8 heteroatoms. The van der Waals surface area contributed by atoms with Gasteiger partial charge in [0.1, 0.15) is 18.0 Å². The van der Waals surface area contributed by atoms with Gasteiger partial charge < -0.3 is 15.5 Å². The number of hydrogen-bond acceptors (Lipinski definition) is 5. The van der Waals surface area contributed by atoms with Gasteiger partial charge in [-0.05, 0) is 57.4 Å². The highest BCUT2D eigenvalue weighted by Crippen LogP contribution is 2.54. The molecular formula is C25H33F2N5O. The van der Waals surface area contributed by atoms with Crippen molar-refractivity contribution >= 4 is 17.5 Å². The van der Waals surface area contributed by atoms with E-state index in [0.29, 0.717) is 24.4 Å². The number of rotatable bonds is 5. The van der Waals surface area contributed by atoms with Crippen molar-refractivity contribution in [3.63, 3.8) is 0 Å². The smallest absolute Gasteiger partial charge is 0.248 e. The van der Waals surface area contributed by atoms with Crippen LogP contribution < -0.4 is 10.6 Å². The highest BCUT2D eigenvalue weighted by atomic mass is 19.3. The van der Waals surface area contributed by atoms with Crippen LogP contribution in [0.25, 0.3) is 0 Å². The number of hydrogen-bond donors (Lipinski definition) is 2. The minimum absolute atomic E-state index is 0.0177. The quantitative estimate of drug-likeness (QED) is 0.621. The average molecular weight is 458 g/mol. The van der Waals surface area contributed by atoms with E-state index >= 15 is 0 Å². The van der Waals surface area contributed by atoms with Crippen LogP contribution in [0.3, 0.4) is 0 Å². The number of amidine groups is 1. The number of alkyl halides is 2. The number of allylic oxidation sites excluding steroid dienone is 1. The normalized spacial score (nSPS) is 36.1. The van der Waals surface area contributed by atoms with Crippen molar-refractivity contribution in [1.82, 2.24) is 15.5 Å². The molecular weight excluding hydrogens is 424 g/mol. The topological polar surface area (TPSA) is 69.1 Å². The van der Waals surface area contributed by atoms with Crippen molar-refractivity contribution in [1.29, 1.82) is 0 Å². The molecule has 4 aliphatic heterocycles. The molecule has 0 radical (unpaired) electrons. The van der Waals surface area contributed by atoms with Gasteiger partial charge in [-0.2, -0.15) is 0 Å². The first-order valence-corrected chi connectivity index (χ1v) is 12.5. The van der Waals surface area contributed by atoms with Crippen LogP contribution >= 0.6 is 0 Å². The Kier molecular flexibility index (Phi) is 4.93. The molecule has 0 aromatic heterocycles.